The zero-order valence-corrected chi connectivity index (χ0v) is 7.80. The summed E-state index contributed by atoms with van der Waals surface area (Å²) in [6, 6.07) is 6.77. The molecule has 0 aliphatic carbocycles. The maximum absolute atomic E-state index is 2.45. The van der Waals surface area contributed by atoms with Gasteiger partial charge in [0, 0.05) is 18.8 Å². The SMILES string of the molecule is CCN1CCc2ccc(C)cc21. The van der Waals surface area contributed by atoms with Gasteiger partial charge in [-0.2, -0.15) is 0 Å². The maximum atomic E-state index is 2.45. The summed E-state index contributed by atoms with van der Waals surface area (Å²) in [5.41, 5.74) is 4.34. The van der Waals surface area contributed by atoms with Crippen molar-refractivity contribution in [3.05, 3.63) is 29.3 Å². The molecule has 0 saturated heterocycles. The number of likely N-dealkylation sites (N-methyl/N-ethyl adjacent to an activating group) is 1. The lowest BCUT2D eigenvalue weighted by atomic mass is 10.1. The molecule has 1 aliphatic rings. The highest BCUT2D eigenvalue weighted by Crippen LogP contribution is 2.28. The first-order valence-electron chi connectivity index (χ1n) is 4.65. The van der Waals surface area contributed by atoms with Crippen molar-refractivity contribution < 1.29 is 0 Å². The molecule has 12 heavy (non-hydrogen) atoms. The van der Waals surface area contributed by atoms with Crippen LogP contribution in [0.15, 0.2) is 18.2 Å². The number of hydrogen-bond acceptors (Lipinski definition) is 1. The minimum absolute atomic E-state index is 1.14. The van der Waals surface area contributed by atoms with E-state index in [0.717, 1.165) is 6.54 Å². The highest BCUT2D eigenvalue weighted by atomic mass is 15.1. The Bertz CT molecular complexity index is 291. The van der Waals surface area contributed by atoms with Gasteiger partial charge in [-0.1, -0.05) is 12.1 Å². The quantitative estimate of drug-likeness (QED) is 0.611. The van der Waals surface area contributed by atoms with E-state index in [4.69, 9.17) is 0 Å². The summed E-state index contributed by atoms with van der Waals surface area (Å²) in [5, 5.41) is 0. The second-order valence-electron chi connectivity index (χ2n) is 3.46. The van der Waals surface area contributed by atoms with Gasteiger partial charge in [-0.15, -0.1) is 0 Å². The summed E-state index contributed by atoms with van der Waals surface area (Å²) in [4.78, 5) is 2.45. The van der Waals surface area contributed by atoms with E-state index in [2.05, 4.69) is 36.9 Å². The van der Waals surface area contributed by atoms with E-state index in [-0.39, 0.29) is 0 Å². The monoisotopic (exact) mass is 161 g/mol. The molecule has 0 unspecified atom stereocenters. The molecule has 0 radical (unpaired) electrons. The molecule has 1 aliphatic heterocycles. The molecule has 1 heteroatoms. The van der Waals surface area contributed by atoms with Crippen molar-refractivity contribution in [2.24, 2.45) is 0 Å². The molecule has 1 aromatic carbocycles. The Morgan fingerprint density at radius 3 is 3.00 bits per heavy atom. The Balaban J connectivity index is 2.42. The molecule has 64 valence electrons. The highest BCUT2D eigenvalue weighted by molar-refractivity contribution is 5.59. The summed E-state index contributed by atoms with van der Waals surface area (Å²) in [7, 11) is 0. The van der Waals surface area contributed by atoms with Crippen LogP contribution in [0, 0.1) is 6.92 Å². The normalized spacial score (nSPS) is 15.0. The number of hydrogen-bond donors (Lipinski definition) is 0. The van der Waals surface area contributed by atoms with E-state index in [1.165, 1.54) is 29.8 Å². The molecule has 0 saturated carbocycles. The number of aryl methyl sites for hydroxylation is 1. The predicted molar refractivity (Wildman–Crippen MR) is 52.8 cm³/mol. The van der Waals surface area contributed by atoms with Crippen LogP contribution in [-0.4, -0.2) is 13.1 Å². The minimum Gasteiger partial charge on any atom is -0.371 e. The second-order valence-corrected chi connectivity index (χ2v) is 3.46. The number of rotatable bonds is 1. The Morgan fingerprint density at radius 2 is 2.25 bits per heavy atom. The number of anilines is 1. The summed E-state index contributed by atoms with van der Waals surface area (Å²) in [6.07, 6.45) is 1.23. The third-order valence-corrected chi connectivity index (χ3v) is 2.61. The number of fused-ring (bicyclic) bond motifs is 1. The highest BCUT2D eigenvalue weighted by Gasteiger charge is 2.16. The van der Waals surface area contributed by atoms with Crippen LogP contribution in [0.2, 0.25) is 0 Å². The van der Waals surface area contributed by atoms with E-state index in [9.17, 15) is 0 Å². The molecular formula is C11H15N. The number of nitrogens with zero attached hydrogens (tertiary/aromatic N) is 1. The van der Waals surface area contributed by atoms with Crippen molar-refractivity contribution in [3.63, 3.8) is 0 Å². The van der Waals surface area contributed by atoms with Gasteiger partial charge < -0.3 is 4.90 Å². The van der Waals surface area contributed by atoms with E-state index in [1.54, 1.807) is 0 Å². The molecule has 0 N–H and O–H groups in total. The molecule has 0 atom stereocenters. The van der Waals surface area contributed by atoms with Crippen molar-refractivity contribution in [1.82, 2.24) is 0 Å². The second kappa shape index (κ2) is 2.81. The van der Waals surface area contributed by atoms with E-state index >= 15 is 0 Å². The third-order valence-electron chi connectivity index (χ3n) is 2.61. The Morgan fingerprint density at radius 1 is 1.42 bits per heavy atom. The van der Waals surface area contributed by atoms with Gasteiger partial charge in [-0.05, 0) is 37.5 Å². The van der Waals surface area contributed by atoms with Crippen molar-refractivity contribution >= 4 is 5.69 Å². The topological polar surface area (TPSA) is 3.24 Å². The molecule has 1 nitrogen and oxygen atoms in total. The van der Waals surface area contributed by atoms with E-state index in [1.807, 2.05) is 0 Å². The van der Waals surface area contributed by atoms with Crippen LogP contribution in [0.4, 0.5) is 5.69 Å². The van der Waals surface area contributed by atoms with Gasteiger partial charge in [-0.3, -0.25) is 0 Å². The fraction of sp³-hybridized carbons (Fsp3) is 0.455. The molecule has 0 aromatic heterocycles. The fourth-order valence-corrected chi connectivity index (χ4v) is 1.88. The van der Waals surface area contributed by atoms with Crippen LogP contribution in [-0.2, 0) is 6.42 Å². The van der Waals surface area contributed by atoms with Gasteiger partial charge in [-0.25, -0.2) is 0 Å². The lowest BCUT2D eigenvalue weighted by Crippen LogP contribution is -2.19. The van der Waals surface area contributed by atoms with Crippen LogP contribution in [0.3, 0.4) is 0 Å². The van der Waals surface area contributed by atoms with E-state index in [0.29, 0.717) is 0 Å². The average Bonchev–Trinajstić information content (AvgIpc) is 2.46. The minimum atomic E-state index is 1.14. The molecule has 0 spiro atoms. The van der Waals surface area contributed by atoms with Gasteiger partial charge in [0.2, 0.25) is 0 Å². The third kappa shape index (κ3) is 1.09. The summed E-state index contributed by atoms with van der Waals surface area (Å²) >= 11 is 0. The van der Waals surface area contributed by atoms with Crippen molar-refractivity contribution in [1.29, 1.82) is 0 Å². The summed E-state index contributed by atoms with van der Waals surface area (Å²) in [5.74, 6) is 0. The first kappa shape index (κ1) is 7.66. The maximum Gasteiger partial charge on any atom is 0.0402 e. The lowest BCUT2D eigenvalue weighted by molar-refractivity contribution is 0.868. The first-order chi connectivity index (χ1) is 5.81. The van der Waals surface area contributed by atoms with E-state index < -0.39 is 0 Å². The van der Waals surface area contributed by atoms with Crippen molar-refractivity contribution in [2.75, 3.05) is 18.0 Å². The zero-order valence-electron chi connectivity index (χ0n) is 7.80. The molecule has 1 aromatic rings. The average molecular weight is 161 g/mol. The molecule has 0 fully saturated rings. The summed E-state index contributed by atoms with van der Waals surface area (Å²) in [6.45, 7) is 6.72. The Kier molecular flexibility index (Phi) is 1.80. The van der Waals surface area contributed by atoms with Crippen LogP contribution >= 0.6 is 0 Å². The predicted octanol–water partition coefficient (Wildman–Crippen LogP) is 2.38. The van der Waals surface area contributed by atoms with Gasteiger partial charge in [0.25, 0.3) is 0 Å². The van der Waals surface area contributed by atoms with Gasteiger partial charge in [0.05, 0.1) is 0 Å². The van der Waals surface area contributed by atoms with Gasteiger partial charge in [0.15, 0.2) is 0 Å². The van der Waals surface area contributed by atoms with Crippen LogP contribution < -0.4 is 4.90 Å². The molecule has 1 heterocycles. The van der Waals surface area contributed by atoms with Crippen molar-refractivity contribution in [2.45, 2.75) is 20.3 Å². The number of benzene rings is 1. The molecule has 0 amide bonds. The van der Waals surface area contributed by atoms with Gasteiger partial charge in [0.1, 0.15) is 0 Å². The van der Waals surface area contributed by atoms with Crippen LogP contribution in [0.25, 0.3) is 0 Å². The van der Waals surface area contributed by atoms with Gasteiger partial charge >= 0.3 is 0 Å². The Hall–Kier alpha value is -0.980. The fourth-order valence-electron chi connectivity index (χ4n) is 1.88. The lowest BCUT2D eigenvalue weighted by Gasteiger charge is -2.16. The van der Waals surface area contributed by atoms with Crippen LogP contribution in [0.1, 0.15) is 18.1 Å². The Labute approximate surface area is 74.0 Å². The smallest absolute Gasteiger partial charge is 0.0402 e. The zero-order chi connectivity index (χ0) is 8.55. The molecule has 0 bridgehead atoms. The molecule has 2 rings (SSSR count). The summed E-state index contributed by atoms with van der Waals surface area (Å²) < 4.78 is 0. The van der Waals surface area contributed by atoms with Crippen LogP contribution in [0.5, 0.6) is 0 Å². The standard InChI is InChI=1S/C11H15N/c1-3-12-7-6-10-5-4-9(2)8-11(10)12/h4-5,8H,3,6-7H2,1-2H3. The van der Waals surface area contributed by atoms with Crippen molar-refractivity contribution in [3.8, 4) is 0 Å². The molecular weight excluding hydrogens is 146 g/mol. The largest absolute Gasteiger partial charge is 0.371 e. The first-order valence-corrected chi connectivity index (χ1v) is 4.65.